The number of ether oxygens (including phenoxy) is 2. The third-order valence-electron chi connectivity index (χ3n) is 3.10. The molecule has 17 heavy (non-hydrogen) atoms. The van der Waals surface area contributed by atoms with Crippen LogP contribution in [0.15, 0.2) is 10.6 Å². The summed E-state index contributed by atoms with van der Waals surface area (Å²) in [4.78, 5) is 25.5. The largest absolute Gasteiger partial charge is 0.468 e. The number of hydrogen-bond donors (Lipinski definition) is 0. The predicted molar refractivity (Wildman–Crippen MR) is 70.0 cm³/mol. The number of carbonyl (C=O) groups is 2. The summed E-state index contributed by atoms with van der Waals surface area (Å²) in [6, 6.07) is 0. The molecule has 96 valence electrons. The highest BCUT2D eigenvalue weighted by Crippen LogP contribution is 2.48. The van der Waals surface area contributed by atoms with Crippen molar-refractivity contribution in [1.82, 2.24) is 0 Å². The van der Waals surface area contributed by atoms with E-state index in [0.29, 0.717) is 18.2 Å². The van der Waals surface area contributed by atoms with Gasteiger partial charge in [-0.3, -0.25) is 9.59 Å². The second-order valence-corrected chi connectivity index (χ2v) is 5.09. The molecule has 0 aliphatic heterocycles. The van der Waals surface area contributed by atoms with Crippen LogP contribution in [0.5, 0.6) is 0 Å². The summed E-state index contributed by atoms with van der Waals surface area (Å²) in [5.74, 6) is -0.924. The molecule has 1 aliphatic rings. The van der Waals surface area contributed by atoms with Crippen LogP contribution >= 0.6 is 31.9 Å². The van der Waals surface area contributed by atoms with Gasteiger partial charge in [-0.05, 0) is 23.7 Å². The van der Waals surface area contributed by atoms with Gasteiger partial charge in [-0.2, -0.15) is 0 Å². The number of methoxy groups -OCH3 is 2. The lowest BCUT2D eigenvalue weighted by Crippen LogP contribution is -2.39. The fraction of sp³-hybridized carbons (Fsp3) is 0.636. The quantitative estimate of drug-likeness (QED) is 0.435. The van der Waals surface area contributed by atoms with Crippen LogP contribution in [0, 0.1) is 11.3 Å². The summed E-state index contributed by atoms with van der Waals surface area (Å²) in [6.45, 7) is 0. The molecule has 0 spiro atoms. The minimum absolute atomic E-state index is 0.132. The van der Waals surface area contributed by atoms with Crippen LogP contribution in [0.4, 0.5) is 0 Å². The maximum absolute atomic E-state index is 11.9. The number of esters is 2. The van der Waals surface area contributed by atoms with E-state index in [9.17, 15) is 9.59 Å². The van der Waals surface area contributed by atoms with Crippen LogP contribution in [0.3, 0.4) is 0 Å². The van der Waals surface area contributed by atoms with Gasteiger partial charge in [-0.1, -0.05) is 37.4 Å². The molecule has 0 aromatic rings. The van der Waals surface area contributed by atoms with Crippen molar-refractivity contribution in [3.63, 3.8) is 0 Å². The van der Waals surface area contributed by atoms with Crippen LogP contribution in [-0.4, -0.2) is 31.5 Å². The van der Waals surface area contributed by atoms with Crippen molar-refractivity contribution in [2.45, 2.75) is 12.8 Å². The number of halogens is 2. The summed E-state index contributed by atoms with van der Waals surface area (Å²) >= 11 is 6.65. The summed E-state index contributed by atoms with van der Waals surface area (Å²) in [5.41, 5.74) is -0.181. The van der Waals surface area contributed by atoms with E-state index in [1.165, 1.54) is 14.2 Å². The molecule has 0 bridgehead atoms. The third-order valence-corrected chi connectivity index (χ3v) is 4.47. The summed E-state index contributed by atoms with van der Waals surface area (Å²) in [5, 5.41) is 0.695. The summed E-state index contributed by atoms with van der Waals surface area (Å²) in [6.07, 6.45) is 0.753. The Kier molecular flexibility index (Phi) is 5.19. The summed E-state index contributed by atoms with van der Waals surface area (Å²) in [7, 11) is 2.57. The lowest BCUT2D eigenvalue weighted by molar-refractivity contribution is -0.168. The molecule has 0 aromatic carbocycles. The zero-order valence-corrected chi connectivity index (χ0v) is 12.8. The van der Waals surface area contributed by atoms with E-state index >= 15 is 0 Å². The number of carbonyl (C=O) groups excluding carboxylic acids is 2. The van der Waals surface area contributed by atoms with Crippen LogP contribution in [-0.2, 0) is 19.1 Å². The smallest absolute Gasteiger partial charge is 0.323 e. The number of hydrogen-bond acceptors (Lipinski definition) is 4. The van der Waals surface area contributed by atoms with Gasteiger partial charge >= 0.3 is 11.9 Å². The molecule has 0 amide bonds. The molecule has 1 fully saturated rings. The molecule has 0 saturated heterocycles. The van der Waals surface area contributed by atoms with E-state index < -0.39 is 17.4 Å². The van der Waals surface area contributed by atoms with Crippen molar-refractivity contribution in [2.24, 2.45) is 11.3 Å². The fourth-order valence-electron chi connectivity index (χ4n) is 2.18. The van der Waals surface area contributed by atoms with Crippen LogP contribution in [0.25, 0.3) is 0 Å². The number of alkyl halides is 1. The Morgan fingerprint density at radius 3 is 2.24 bits per heavy atom. The molecule has 0 heterocycles. The van der Waals surface area contributed by atoms with E-state index in [-0.39, 0.29) is 5.92 Å². The van der Waals surface area contributed by atoms with Crippen LogP contribution in [0.2, 0.25) is 0 Å². The first kappa shape index (κ1) is 14.7. The van der Waals surface area contributed by atoms with Gasteiger partial charge in [-0.25, -0.2) is 0 Å². The number of allylic oxidation sites excluding steroid dienone is 1. The van der Waals surface area contributed by atoms with Crippen LogP contribution in [0.1, 0.15) is 12.8 Å². The molecule has 1 saturated carbocycles. The molecule has 1 unspecified atom stereocenters. The van der Waals surface area contributed by atoms with E-state index in [0.717, 1.165) is 5.57 Å². The molecular formula is C11H14Br2O4. The maximum atomic E-state index is 11.9. The Bertz CT molecular complexity index is 335. The molecule has 6 heteroatoms. The fourth-order valence-corrected chi connectivity index (χ4v) is 3.36. The highest BCUT2D eigenvalue weighted by Gasteiger charge is 2.55. The average Bonchev–Trinajstić information content (AvgIpc) is 2.76. The highest BCUT2D eigenvalue weighted by molar-refractivity contribution is 9.11. The zero-order valence-electron chi connectivity index (χ0n) is 9.66. The molecule has 0 N–H and O–H groups in total. The molecular weight excluding hydrogens is 356 g/mol. The van der Waals surface area contributed by atoms with Gasteiger partial charge in [0.25, 0.3) is 0 Å². The van der Waals surface area contributed by atoms with Crippen molar-refractivity contribution in [3.8, 4) is 0 Å². The van der Waals surface area contributed by atoms with Crippen molar-refractivity contribution < 1.29 is 19.1 Å². The molecule has 0 aromatic heterocycles. The van der Waals surface area contributed by atoms with Crippen molar-refractivity contribution in [2.75, 3.05) is 19.5 Å². The Hall–Kier alpha value is -0.360. The van der Waals surface area contributed by atoms with Crippen molar-refractivity contribution in [3.05, 3.63) is 10.6 Å². The van der Waals surface area contributed by atoms with Gasteiger partial charge < -0.3 is 9.47 Å². The molecule has 1 rings (SSSR count). The first-order valence-corrected chi connectivity index (χ1v) is 7.11. The maximum Gasteiger partial charge on any atom is 0.323 e. The standard InChI is InChI=1S/C11H14Br2O4/c1-16-9(14)11(10(15)17-2)3-7(5-12)8(4-11)6-13/h5,8H,3-4,6H2,1-2H3/b7-5+. The Labute approximate surface area is 117 Å². The monoisotopic (exact) mass is 368 g/mol. The van der Waals surface area contributed by atoms with Gasteiger partial charge in [-0.15, -0.1) is 0 Å². The van der Waals surface area contributed by atoms with Crippen molar-refractivity contribution in [1.29, 1.82) is 0 Å². The summed E-state index contributed by atoms with van der Waals surface area (Å²) < 4.78 is 9.50. The molecule has 1 aliphatic carbocycles. The third kappa shape index (κ3) is 2.57. The van der Waals surface area contributed by atoms with Crippen molar-refractivity contribution >= 4 is 43.8 Å². The van der Waals surface area contributed by atoms with E-state index in [2.05, 4.69) is 31.9 Å². The minimum atomic E-state index is -1.19. The van der Waals surface area contributed by atoms with Gasteiger partial charge in [0.05, 0.1) is 14.2 Å². The van der Waals surface area contributed by atoms with E-state index in [1.54, 1.807) is 4.99 Å². The molecule has 1 atom stereocenters. The van der Waals surface area contributed by atoms with Gasteiger partial charge in [0.15, 0.2) is 5.41 Å². The van der Waals surface area contributed by atoms with E-state index in [4.69, 9.17) is 9.47 Å². The predicted octanol–water partition coefficient (Wildman–Crippen LogP) is 2.40. The van der Waals surface area contributed by atoms with Gasteiger partial charge in [0.1, 0.15) is 0 Å². The lowest BCUT2D eigenvalue weighted by atomic mass is 9.85. The topological polar surface area (TPSA) is 52.6 Å². The first-order chi connectivity index (χ1) is 8.05. The first-order valence-electron chi connectivity index (χ1n) is 5.07. The second-order valence-electron chi connectivity index (χ2n) is 3.98. The zero-order chi connectivity index (χ0) is 13.1. The Morgan fingerprint density at radius 2 is 1.94 bits per heavy atom. The Morgan fingerprint density at radius 1 is 1.41 bits per heavy atom. The minimum Gasteiger partial charge on any atom is -0.468 e. The molecule has 0 radical (unpaired) electrons. The molecule has 4 nitrogen and oxygen atoms in total. The highest BCUT2D eigenvalue weighted by atomic mass is 79.9. The normalized spacial score (nSPS) is 24.7. The van der Waals surface area contributed by atoms with Gasteiger partial charge in [0.2, 0.25) is 0 Å². The number of rotatable bonds is 3. The average molecular weight is 370 g/mol. The Balaban J connectivity index is 3.12. The van der Waals surface area contributed by atoms with Crippen LogP contribution < -0.4 is 0 Å². The SMILES string of the molecule is COC(=O)C1(C(=O)OC)C/C(=C\Br)C(CBr)C1. The van der Waals surface area contributed by atoms with E-state index in [1.807, 2.05) is 0 Å². The lowest BCUT2D eigenvalue weighted by Gasteiger charge is -2.22. The second kappa shape index (κ2) is 6.00. The van der Waals surface area contributed by atoms with Gasteiger partial charge in [0, 0.05) is 5.33 Å².